The van der Waals surface area contributed by atoms with Crippen LogP contribution < -0.4 is 10.9 Å². The summed E-state index contributed by atoms with van der Waals surface area (Å²) in [4.78, 5) is 11.8. The van der Waals surface area contributed by atoms with Crippen molar-refractivity contribution in [3.05, 3.63) is 21.6 Å². The lowest BCUT2D eigenvalue weighted by Crippen LogP contribution is -2.26. The quantitative estimate of drug-likeness (QED) is 0.645. The molecule has 1 aromatic heterocycles. The molecule has 1 fully saturated rings. The Hall–Kier alpha value is -1.03. The van der Waals surface area contributed by atoms with Gasteiger partial charge in [-0.25, -0.2) is 4.68 Å². The first kappa shape index (κ1) is 7.38. The number of aromatic amines is 1. The molecule has 70 valence electrons. The van der Waals surface area contributed by atoms with Crippen molar-refractivity contribution < 1.29 is 0 Å². The Labute approximate surface area is 75.9 Å². The number of fused-ring (bicyclic) bond motifs is 1. The van der Waals surface area contributed by atoms with E-state index in [1.807, 2.05) is 4.68 Å². The standard InChI is InChI=1S/C9H13N3O/c13-9-7-3-4-10-5-8(7)11-12(9)6-1-2-6/h6,10-11H,1-5H2. The number of nitrogens with zero attached hydrogens (tertiary/aromatic N) is 1. The predicted octanol–water partition coefficient (Wildman–Crippen LogP) is 0.157. The van der Waals surface area contributed by atoms with Crippen molar-refractivity contribution in [2.45, 2.75) is 31.8 Å². The highest BCUT2D eigenvalue weighted by Crippen LogP contribution is 2.33. The summed E-state index contributed by atoms with van der Waals surface area (Å²) in [6.45, 7) is 1.76. The minimum absolute atomic E-state index is 0.221. The van der Waals surface area contributed by atoms with E-state index in [2.05, 4.69) is 10.4 Å². The summed E-state index contributed by atoms with van der Waals surface area (Å²) in [5.74, 6) is 0. The fourth-order valence-electron chi connectivity index (χ4n) is 1.96. The second-order valence-corrected chi connectivity index (χ2v) is 3.90. The molecular weight excluding hydrogens is 166 g/mol. The molecule has 0 saturated heterocycles. The Kier molecular flexibility index (Phi) is 1.41. The summed E-state index contributed by atoms with van der Waals surface area (Å²) in [7, 11) is 0. The lowest BCUT2D eigenvalue weighted by Gasteiger charge is -2.09. The van der Waals surface area contributed by atoms with Crippen LogP contribution in [0.25, 0.3) is 0 Å². The van der Waals surface area contributed by atoms with Gasteiger partial charge in [0.05, 0.1) is 11.7 Å². The number of rotatable bonds is 1. The zero-order valence-electron chi connectivity index (χ0n) is 7.47. The minimum Gasteiger partial charge on any atom is -0.311 e. The van der Waals surface area contributed by atoms with Crippen LogP contribution in [0.3, 0.4) is 0 Å². The summed E-state index contributed by atoms with van der Waals surface area (Å²) >= 11 is 0. The van der Waals surface area contributed by atoms with Crippen LogP contribution in [0.15, 0.2) is 4.79 Å². The molecule has 0 amide bonds. The van der Waals surface area contributed by atoms with E-state index in [9.17, 15) is 4.79 Å². The number of aromatic nitrogens is 2. The molecule has 4 nitrogen and oxygen atoms in total. The second kappa shape index (κ2) is 2.48. The van der Waals surface area contributed by atoms with Gasteiger partial charge >= 0.3 is 0 Å². The normalized spacial score (nSPS) is 21.5. The first-order chi connectivity index (χ1) is 6.36. The smallest absolute Gasteiger partial charge is 0.270 e. The highest BCUT2D eigenvalue weighted by Gasteiger charge is 2.28. The van der Waals surface area contributed by atoms with Crippen LogP contribution in [0, 0.1) is 0 Å². The molecule has 3 rings (SSSR count). The van der Waals surface area contributed by atoms with Gasteiger partial charge in [0.15, 0.2) is 0 Å². The molecule has 2 aliphatic rings. The molecule has 1 aliphatic carbocycles. The second-order valence-electron chi connectivity index (χ2n) is 3.90. The molecule has 1 aromatic rings. The summed E-state index contributed by atoms with van der Waals surface area (Å²) in [5.41, 5.74) is 2.33. The fourth-order valence-corrected chi connectivity index (χ4v) is 1.96. The Morgan fingerprint density at radius 1 is 1.38 bits per heavy atom. The predicted molar refractivity (Wildman–Crippen MR) is 48.7 cm³/mol. The summed E-state index contributed by atoms with van der Waals surface area (Å²) < 4.78 is 1.82. The SMILES string of the molecule is O=c1c2c([nH]n1C1CC1)CNCC2. The third-order valence-corrected chi connectivity index (χ3v) is 2.86. The van der Waals surface area contributed by atoms with Crippen molar-refractivity contribution in [1.29, 1.82) is 0 Å². The van der Waals surface area contributed by atoms with Crippen LogP contribution in [-0.4, -0.2) is 16.3 Å². The lowest BCUT2D eigenvalue weighted by atomic mass is 10.1. The van der Waals surface area contributed by atoms with Gasteiger partial charge in [-0.2, -0.15) is 0 Å². The Morgan fingerprint density at radius 2 is 2.23 bits per heavy atom. The molecule has 0 spiro atoms. The third-order valence-electron chi connectivity index (χ3n) is 2.86. The van der Waals surface area contributed by atoms with E-state index >= 15 is 0 Å². The Morgan fingerprint density at radius 3 is 2.92 bits per heavy atom. The summed E-state index contributed by atoms with van der Waals surface area (Å²) in [5, 5.41) is 6.46. The topological polar surface area (TPSA) is 49.8 Å². The molecule has 4 heteroatoms. The number of H-pyrrole nitrogens is 1. The van der Waals surface area contributed by atoms with Crippen molar-refractivity contribution >= 4 is 0 Å². The molecule has 2 heterocycles. The third kappa shape index (κ3) is 1.05. The van der Waals surface area contributed by atoms with Gasteiger partial charge in [-0.15, -0.1) is 0 Å². The van der Waals surface area contributed by atoms with Crippen LogP contribution >= 0.6 is 0 Å². The summed E-state index contributed by atoms with van der Waals surface area (Å²) in [6.07, 6.45) is 3.20. The van der Waals surface area contributed by atoms with Crippen LogP contribution in [0.4, 0.5) is 0 Å². The maximum absolute atomic E-state index is 11.8. The lowest BCUT2D eigenvalue weighted by molar-refractivity contribution is 0.594. The molecule has 0 atom stereocenters. The molecule has 2 N–H and O–H groups in total. The van der Waals surface area contributed by atoms with Crippen LogP contribution in [0.5, 0.6) is 0 Å². The van der Waals surface area contributed by atoms with E-state index in [4.69, 9.17) is 0 Å². The molecule has 13 heavy (non-hydrogen) atoms. The monoisotopic (exact) mass is 179 g/mol. The molecule has 0 bridgehead atoms. The van der Waals surface area contributed by atoms with E-state index in [0.29, 0.717) is 6.04 Å². The zero-order valence-corrected chi connectivity index (χ0v) is 7.47. The van der Waals surface area contributed by atoms with E-state index < -0.39 is 0 Å². The minimum atomic E-state index is 0.221. The first-order valence-electron chi connectivity index (χ1n) is 4.89. The summed E-state index contributed by atoms with van der Waals surface area (Å²) in [6, 6.07) is 0.470. The number of hydrogen-bond acceptors (Lipinski definition) is 2. The maximum Gasteiger partial charge on any atom is 0.270 e. The van der Waals surface area contributed by atoms with Gasteiger partial charge in [-0.1, -0.05) is 0 Å². The van der Waals surface area contributed by atoms with Gasteiger partial charge in [0, 0.05) is 12.1 Å². The largest absolute Gasteiger partial charge is 0.311 e. The van der Waals surface area contributed by atoms with E-state index in [0.717, 1.165) is 43.6 Å². The molecular formula is C9H13N3O. The van der Waals surface area contributed by atoms with Crippen LogP contribution in [-0.2, 0) is 13.0 Å². The van der Waals surface area contributed by atoms with Gasteiger partial charge in [0.1, 0.15) is 0 Å². The van der Waals surface area contributed by atoms with Crippen molar-refractivity contribution in [3.63, 3.8) is 0 Å². The molecule has 1 saturated carbocycles. The van der Waals surface area contributed by atoms with Crippen LogP contribution in [0.1, 0.15) is 30.1 Å². The van der Waals surface area contributed by atoms with Crippen LogP contribution in [0.2, 0.25) is 0 Å². The highest BCUT2D eigenvalue weighted by molar-refractivity contribution is 5.20. The van der Waals surface area contributed by atoms with E-state index in [1.54, 1.807) is 0 Å². The van der Waals surface area contributed by atoms with Gasteiger partial charge < -0.3 is 5.32 Å². The van der Waals surface area contributed by atoms with E-state index in [-0.39, 0.29) is 5.56 Å². The van der Waals surface area contributed by atoms with E-state index in [1.165, 1.54) is 0 Å². The van der Waals surface area contributed by atoms with Crippen molar-refractivity contribution in [3.8, 4) is 0 Å². The number of hydrogen-bond donors (Lipinski definition) is 2. The average molecular weight is 179 g/mol. The molecule has 0 aromatic carbocycles. The van der Waals surface area contributed by atoms with Crippen molar-refractivity contribution in [2.24, 2.45) is 0 Å². The molecule has 0 radical (unpaired) electrons. The Balaban J connectivity index is 2.12. The fraction of sp³-hybridized carbons (Fsp3) is 0.667. The number of nitrogens with one attached hydrogen (secondary N) is 2. The van der Waals surface area contributed by atoms with Gasteiger partial charge in [-0.3, -0.25) is 9.89 Å². The maximum atomic E-state index is 11.8. The van der Waals surface area contributed by atoms with Crippen molar-refractivity contribution in [1.82, 2.24) is 15.1 Å². The molecule has 0 unspecified atom stereocenters. The molecule has 1 aliphatic heterocycles. The van der Waals surface area contributed by atoms with Gasteiger partial charge in [0.2, 0.25) is 0 Å². The Bertz CT molecular complexity index is 386. The zero-order chi connectivity index (χ0) is 8.84. The average Bonchev–Trinajstić information content (AvgIpc) is 2.94. The van der Waals surface area contributed by atoms with Crippen molar-refractivity contribution in [2.75, 3.05) is 6.54 Å². The highest BCUT2D eigenvalue weighted by atomic mass is 16.1. The van der Waals surface area contributed by atoms with Gasteiger partial charge in [0.25, 0.3) is 5.56 Å². The first-order valence-corrected chi connectivity index (χ1v) is 4.89. The van der Waals surface area contributed by atoms with Gasteiger partial charge in [-0.05, 0) is 25.8 Å².